The van der Waals surface area contributed by atoms with Crippen LogP contribution in [0.25, 0.3) is 5.57 Å². The minimum atomic E-state index is -0.787. The molecule has 24 heavy (non-hydrogen) atoms. The number of ether oxygens (including phenoxy) is 1. The third kappa shape index (κ3) is 2.62. The van der Waals surface area contributed by atoms with Gasteiger partial charge in [0.15, 0.2) is 5.76 Å². The van der Waals surface area contributed by atoms with Gasteiger partial charge in [-0.2, -0.15) is 0 Å². The number of nitrogens with zero attached hydrogens (tertiary/aromatic N) is 1. The maximum absolute atomic E-state index is 13.0. The largest absolute Gasteiger partial charge is 0.502 e. The summed E-state index contributed by atoms with van der Waals surface area (Å²) in [5.74, 6) is -1.99. The van der Waals surface area contributed by atoms with E-state index < -0.39 is 23.4 Å². The summed E-state index contributed by atoms with van der Waals surface area (Å²) in [4.78, 5) is 25.8. The van der Waals surface area contributed by atoms with E-state index in [1.165, 1.54) is 19.2 Å². The van der Waals surface area contributed by atoms with Crippen molar-refractivity contribution < 1.29 is 23.8 Å². The van der Waals surface area contributed by atoms with E-state index in [1.54, 1.807) is 24.3 Å². The van der Waals surface area contributed by atoms with Gasteiger partial charge in [-0.25, -0.2) is 4.39 Å². The number of imide groups is 1. The van der Waals surface area contributed by atoms with Gasteiger partial charge in [0, 0.05) is 5.56 Å². The Hall–Kier alpha value is -3.15. The second-order valence-electron chi connectivity index (χ2n) is 5.24. The first kappa shape index (κ1) is 15.7. The molecule has 0 bridgehead atoms. The van der Waals surface area contributed by atoms with Gasteiger partial charge in [0.05, 0.1) is 19.2 Å². The van der Waals surface area contributed by atoms with Crippen LogP contribution < -0.4 is 4.74 Å². The number of hydrogen-bond acceptors (Lipinski definition) is 4. The van der Waals surface area contributed by atoms with Crippen molar-refractivity contribution in [3.8, 4) is 5.75 Å². The second kappa shape index (κ2) is 6.16. The Kier molecular flexibility index (Phi) is 4.04. The topological polar surface area (TPSA) is 66.8 Å². The maximum atomic E-state index is 13.0. The average molecular weight is 327 g/mol. The number of hydrogen-bond donors (Lipinski definition) is 1. The van der Waals surface area contributed by atoms with Gasteiger partial charge in [-0.1, -0.05) is 30.3 Å². The molecule has 0 fully saturated rings. The Labute approximate surface area is 137 Å². The standard InChI is InChI=1S/C18H14FNO4/c1-24-14-5-3-2-4-12(14)10-20-17(22)15(16(21)18(20)23)11-6-8-13(19)9-7-11/h2-9,21H,10H2,1H3. The summed E-state index contributed by atoms with van der Waals surface area (Å²) in [7, 11) is 1.49. The van der Waals surface area contributed by atoms with E-state index >= 15 is 0 Å². The zero-order valence-electron chi connectivity index (χ0n) is 12.8. The van der Waals surface area contributed by atoms with E-state index in [1.807, 2.05) is 0 Å². The summed E-state index contributed by atoms with van der Waals surface area (Å²) in [6, 6.07) is 12.0. The highest BCUT2D eigenvalue weighted by atomic mass is 19.1. The lowest BCUT2D eigenvalue weighted by Gasteiger charge is -2.16. The van der Waals surface area contributed by atoms with E-state index in [0.29, 0.717) is 11.3 Å². The quantitative estimate of drug-likeness (QED) is 0.877. The fourth-order valence-electron chi connectivity index (χ4n) is 2.59. The predicted octanol–water partition coefficient (Wildman–Crippen LogP) is 2.67. The van der Waals surface area contributed by atoms with Gasteiger partial charge in [-0.15, -0.1) is 0 Å². The summed E-state index contributed by atoms with van der Waals surface area (Å²) in [6.45, 7) is -0.0313. The molecule has 1 aliphatic heterocycles. The summed E-state index contributed by atoms with van der Waals surface area (Å²) in [5.41, 5.74) is 0.791. The number of carbonyl (C=O) groups is 2. The number of benzene rings is 2. The van der Waals surface area contributed by atoms with Crippen molar-refractivity contribution in [1.82, 2.24) is 4.90 Å². The molecule has 5 nitrogen and oxygen atoms in total. The summed E-state index contributed by atoms with van der Waals surface area (Å²) < 4.78 is 18.2. The molecule has 1 N–H and O–H groups in total. The first-order valence-corrected chi connectivity index (χ1v) is 7.20. The molecule has 0 saturated carbocycles. The van der Waals surface area contributed by atoms with E-state index in [9.17, 15) is 19.1 Å². The van der Waals surface area contributed by atoms with Crippen LogP contribution in [0.5, 0.6) is 5.75 Å². The Bertz CT molecular complexity index is 842. The highest BCUT2D eigenvalue weighted by Crippen LogP contribution is 2.30. The predicted molar refractivity (Wildman–Crippen MR) is 84.5 cm³/mol. The lowest BCUT2D eigenvalue weighted by molar-refractivity contribution is -0.138. The van der Waals surface area contributed by atoms with Crippen LogP contribution in [0.4, 0.5) is 4.39 Å². The van der Waals surface area contributed by atoms with Crippen molar-refractivity contribution in [1.29, 1.82) is 0 Å². The molecule has 0 atom stereocenters. The number of methoxy groups -OCH3 is 1. The summed E-state index contributed by atoms with van der Waals surface area (Å²) >= 11 is 0. The zero-order valence-corrected chi connectivity index (χ0v) is 12.8. The van der Waals surface area contributed by atoms with Gasteiger partial charge in [-0.3, -0.25) is 14.5 Å². The van der Waals surface area contributed by atoms with Gasteiger partial charge < -0.3 is 9.84 Å². The number of carbonyl (C=O) groups excluding carboxylic acids is 2. The second-order valence-corrected chi connectivity index (χ2v) is 5.24. The zero-order chi connectivity index (χ0) is 17.3. The highest BCUT2D eigenvalue weighted by molar-refractivity contribution is 6.34. The van der Waals surface area contributed by atoms with Crippen LogP contribution in [-0.2, 0) is 16.1 Å². The molecular formula is C18H14FNO4. The van der Waals surface area contributed by atoms with Crippen LogP contribution in [0, 0.1) is 5.82 Å². The number of para-hydroxylation sites is 1. The minimum absolute atomic E-state index is 0.0313. The van der Waals surface area contributed by atoms with Gasteiger partial charge >= 0.3 is 0 Å². The molecule has 0 radical (unpaired) electrons. The monoisotopic (exact) mass is 327 g/mol. The van der Waals surface area contributed by atoms with Crippen molar-refractivity contribution >= 4 is 17.4 Å². The lowest BCUT2D eigenvalue weighted by Crippen LogP contribution is -2.31. The normalized spacial score (nSPS) is 14.5. The highest BCUT2D eigenvalue weighted by Gasteiger charge is 2.39. The Morgan fingerprint density at radius 1 is 1.04 bits per heavy atom. The molecule has 0 spiro atoms. The fraction of sp³-hybridized carbons (Fsp3) is 0.111. The smallest absolute Gasteiger partial charge is 0.296 e. The molecular weight excluding hydrogens is 313 g/mol. The van der Waals surface area contributed by atoms with Gasteiger partial charge in [0.2, 0.25) is 0 Å². The molecule has 2 amide bonds. The summed E-state index contributed by atoms with van der Waals surface area (Å²) in [5, 5.41) is 10.1. The summed E-state index contributed by atoms with van der Waals surface area (Å²) in [6.07, 6.45) is 0. The molecule has 1 aliphatic rings. The lowest BCUT2D eigenvalue weighted by atomic mass is 10.1. The Balaban J connectivity index is 1.92. The molecule has 0 aliphatic carbocycles. The minimum Gasteiger partial charge on any atom is -0.502 e. The number of amides is 2. The first-order chi connectivity index (χ1) is 11.5. The molecule has 0 saturated heterocycles. The van der Waals surface area contributed by atoms with Gasteiger partial charge in [0.1, 0.15) is 11.6 Å². The first-order valence-electron chi connectivity index (χ1n) is 7.20. The molecule has 122 valence electrons. The number of halogens is 1. The van der Waals surface area contributed by atoms with Crippen molar-refractivity contribution in [2.75, 3.05) is 7.11 Å². The Morgan fingerprint density at radius 3 is 2.38 bits per heavy atom. The molecule has 2 aromatic rings. The molecule has 2 aromatic carbocycles. The van der Waals surface area contributed by atoms with Crippen molar-refractivity contribution in [3.63, 3.8) is 0 Å². The maximum Gasteiger partial charge on any atom is 0.296 e. The van der Waals surface area contributed by atoms with Crippen molar-refractivity contribution in [3.05, 3.63) is 71.2 Å². The van der Waals surface area contributed by atoms with Gasteiger partial charge in [0.25, 0.3) is 11.8 Å². The number of aliphatic hydroxyl groups excluding tert-OH is 1. The fourth-order valence-corrected chi connectivity index (χ4v) is 2.59. The molecule has 0 aromatic heterocycles. The van der Waals surface area contributed by atoms with Crippen LogP contribution in [0.15, 0.2) is 54.3 Å². The molecule has 6 heteroatoms. The molecule has 0 unspecified atom stereocenters. The molecule has 1 heterocycles. The van der Waals surface area contributed by atoms with Crippen LogP contribution >= 0.6 is 0 Å². The van der Waals surface area contributed by atoms with E-state index in [0.717, 1.165) is 17.0 Å². The number of rotatable bonds is 4. The van der Waals surface area contributed by atoms with Crippen LogP contribution in [0.3, 0.4) is 0 Å². The average Bonchev–Trinajstić information content (AvgIpc) is 2.80. The van der Waals surface area contributed by atoms with E-state index in [2.05, 4.69) is 0 Å². The van der Waals surface area contributed by atoms with Gasteiger partial charge in [-0.05, 0) is 23.8 Å². The molecule has 3 rings (SSSR count). The SMILES string of the molecule is COc1ccccc1CN1C(=O)C(O)=C(c2ccc(F)cc2)C1=O. The Morgan fingerprint density at radius 2 is 1.71 bits per heavy atom. The van der Waals surface area contributed by atoms with Crippen LogP contribution in [-0.4, -0.2) is 28.9 Å². The van der Waals surface area contributed by atoms with E-state index in [-0.39, 0.29) is 17.7 Å². The van der Waals surface area contributed by atoms with Crippen molar-refractivity contribution in [2.24, 2.45) is 0 Å². The number of aliphatic hydroxyl groups is 1. The van der Waals surface area contributed by atoms with Crippen LogP contribution in [0.2, 0.25) is 0 Å². The third-order valence-corrected chi connectivity index (χ3v) is 3.80. The van der Waals surface area contributed by atoms with Crippen molar-refractivity contribution in [2.45, 2.75) is 6.54 Å². The van der Waals surface area contributed by atoms with E-state index in [4.69, 9.17) is 4.74 Å². The third-order valence-electron chi connectivity index (χ3n) is 3.80. The van der Waals surface area contributed by atoms with Crippen LogP contribution in [0.1, 0.15) is 11.1 Å².